The largest absolute Gasteiger partial charge is 0.378 e. The standard InChI is InChI=1S/C12H18IN3O2/c1-12(5-4-6-18-12)11-15-8(7-17-3)9(13)10(14-2)16-11/h4-7H2,1-3H3,(H,14,15,16). The Balaban J connectivity index is 2.44. The number of nitrogens with one attached hydrogen (secondary N) is 1. The maximum absolute atomic E-state index is 5.80. The van der Waals surface area contributed by atoms with Crippen LogP contribution in [0.3, 0.4) is 0 Å². The van der Waals surface area contributed by atoms with E-state index in [2.05, 4.69) is 44.8 Å². The Labute approximate surface area is 121 Å². The number of halogens is 1. The van der Waals surface area contributed by atoms with Crippen molar-refractivity contribution in [1.82, 2.24) is 9.97 Å². The number of hydrogen-bond acceptors (Lipinski definition) is 5. The van der Waals surface area contributed by atoms with Crippen molar-refractivity contribution in [3.8, 4) is 0 Å². The van der Waals surface area contributed by atoms with Crippen LogP contribution in [0.1, 0.15) is 31.3 Å². The summed E-state index contributed by atoms with van der Waals surface area (Å²) in [6.07, 6.45) is 2.02. The fourth-order valence-corrected chi connectivity index (χ4v) is 2.75. The van der Waals surface area contributed by atoms with Crippen LogP contribution in [-0.2, 0) is 21.7 Å². The Bertz CT molecular complexity index is 434. The van der Waals surface area contributed by atoms with Crippen LogP contribution in [-0.4, -0.2) is 30.7 Å². The van der Waals surface area contributed by atoms with Gasteiger partial charge in [0.25, 0.3) is 0 Å². The van der Waals surface area contributed by atoms with Crippen LogP contribution in [0.25, 0.3) is 0 Å². The van der Waals surface area contributed by atoms with Crippen molar-refractivity contribution in [1.29, 1.82) is 0 Å². The average molecular weight is 363 g/mol. The van der Waals surface area contributed by atoms with Crippen LogP contribution in [0.4, 0.5) is 5.82 Å². The number of anilines is 1. The quantitative estimate of drug-likeness (QED) is 0.832. The molecule has 2 rings (SSSR count). The highest BCUT2D eigenvalue weighted by atomic mass is 127. The lowest BCUT2D eigenvalue weighted by atomic mass is 10.0. The van der Waals surface area contributed by atoms with Gasteiger partial charge in [-0.05, 0) is 42.4 Å². The SMILES string of the molecule is CNc1nc(C2(C)CCCO2)nc(COC)c1I. The third-order valence-corrected chi connectivity index (χ3v) is 4.26. The molecule has 1 atom stereocenters. The Morgan fingerprint density at radius 1 is 1.50 bits per heavy atom. The van der Waals surface area contributed by atoms with Crippen LogP contribution in [0.15, 0.2) is 0 Å². The summed E-state index contributed by atoms with van der Waals surface area (Å²) in [7, 11) is 3.54. The second-order valence-corrected chi connectivity index (χ2v) is 5.60. The molecule has 1 N–H and O–H groups in total. The van der Waals surface area contributed by atoms with Gasteiger partial charge in [-0.15, -0.1) is 0 Å². The first-order valence-electron chi connectivity index (χ1n) is 5.98. The van der Waals surface area contributed by atoms with Crippen molar-refractivity contribution >= 4 is 28.4 Å². The topological polar surface area (TPSA) is 56.3 Å². The summed E-state index contributed by atoms with van der Waals surface area (Å²) in [5, 5.41) is 3.11. The second-order valence-electron chi connectivity index (χ2n) is 4.52. The van der Waals surface area contributed by atoms with Crippen molar-refractivity contribution in [3.05, 3.63) is 15.1 Å². The molecule has 6 heteroatoms. The zero-order valence-corrected chi connectivity index (χ0v) is 13.1. The predicted molar refractivity (Wildman–Crippen MR) is 77.5 cm³/mol. The third-order valence-electron chi connectivity index (χ3n) is 3.13. The van der Waals surface area contributed by atoms with Crippen LogP contribution < -0.4 is 5.32 Å². The van der Waals surface area contributed by atoms with E-state index < -0.39 is 0 Å². The first-order valence-corrected chi connectivity index (χ1v) is 7.06. The Hall–Kier alpha value is -0.470. The minimum Gasteiger partial charge on any atom is -0.378 e. The molecule has 1 saturated heterocycles. The summed E-state index contributed by atoms with van der Waals surface area (Å²) in [4.78, 5) is 9.19. The van der Waals surface area contributed by atoms with E-state index in [-0.39, 0.29) is 5.60 Å². The molecule has 18 heavy (non-hydrogen) atoms. The van der Waals surface area contributed by atoms with Crippen molar-refractivity contribution in [2.75, 3.05) is 26.1 Å². The molecule has 0 radical (unpaired) electrons. The number of rotatable bonds is 4. The normalized spacial score (nSPS) is 23.3. The molecule has 1 aromatic heterocycles. The minimum atomic E-state index is -0.363. The number of methoxy groups -OCH3 is 1. The smallest absolute Gasteiger partial charge is 0.162 e. The zero-order chi connectivity index (χ0) is 13.2. The molecule has 0 spiro atoms. The van der Waals surface area contributed by atoms with Crippen LogP contribution in [0, 0.1) is 3.57 Å². The van der Waals surface area contributed by atoms with E-state index in [0.717, 1.165) is 40.4 Å². The highest BCUT2D eigenvalue weighted by Gasteiger charge is 2.35. The molecular weight excluding hydrogens is 345 g/mol. The average Bonchev–Trinajstić information content (AvgIpc) is 2.80. The molecule has 0 aromatic carbocycles. The highest BCUT2D eigenvalue weighted by molar-refractivity contribution is 14.1. The van der Waals surface area contributed by atoms with Crippen molar-refractivity contribution in [2.24, 2.45) is 0 Å². The maximum atomic E-state index is 5.80. The van der Waals surface area contributed by atoms with Gasteiger partial charge < -0.3 is 14.8 Å². The first kappa shape index (κ1) is 14.0. The monoisotopic (exact) mass is 363 g/mol. The van der Waals surface area contributed by atoms with Gasteiger partial charge in [0.05, 0.1) is 15.9 Å². The van der Waals surface area contributed by atoms with E-state index in [1.54, 1.807) is 7.11 Å². The molecule has 2 heterocycles. The van der Waals surface area contributed by atoms with E-state index in [1.165, 1.54) is 0 Å². The van der Waals surface area contributed by atoms with Crippen molar-refractivity contribution in [3.63, 3.8) is 0 Å². The fraction of sp³-hybridized carbons (Fsp3) is 0.667. The summed E-state index contributed by atoms with van der Waals surface area (Å²) in [5.74, 6) is 1.58. The maximum Gasteiger partial charge on any atom is 0.162 e. The van der Waals surface area contributed by atoms with Gasteiger partial charge >= 0.3 is 0 Å². The van der Waals surface area contributed by atoms with Gasteiger partial charge in [-0.1, -0.05) is 0 Å². The predicted octanol–water partition coefficient (Wildman–Crippen LogP) is 2.29. The molecule has 5 nitrogen and oxygen atoms in total. The van der Waals surface area contributed by atoms with Gasteiger partial charge in [0.1, 0.15) is 11.4 Å². The van der Waals surface area contributed by atoms with E-state index >= 15 is 0 Å². The summed E-state index contributed by atoms with van der Waals surface area (Å²) >= 11 is 2.24. The van der Waals surface area contributed by atoms with Gasteiger partial charge in [-0.25, -0.2) is 9.97 Å². The van der Waals surface area contributed by atoms with Crippen LogP contribution in [0.5, 0.6) is 0 Å². The molecule has 1 unspecified atom stereocenters. The lowest BCUT2D eigenvalue weighted by molar-refractivity contribution is 0.00894. The molecular formula is C12H18IN3O2. The summed E-state index contributed by atoms with van der Waals surface area (Å²) in [6, 6.07) is 0. The number of hydrogen-bond donors (Lipinski definition) is 1. The van der Waals surface area contributed by atoms with Crippen molar-refractivity contribution < 1.29 is 9.47 Å². The van der Waals surface area contributed by atoms with Crippen LogP contribution in [0.2, 0.25) is 0 Å². The number of aromatic nitrogens is 2. The molecule has 0 saturated carbocycles. The Morgan fingerprint density at radius 3 is 2.83 bits per heavy atom. The Kier molecular flexibility index (Phi) is 4.39. The van der Waals surface area contributed by atoms with Gasteiger partial charge in [0, 0.05) is 20.8 Å². The van der Waals surface area contributed by atoms with E-state index in [9.17, 15) is 0 Å². The molecule has 100 valence electrons. The highest BCUT2D eigenvalue weighted by Crippen LogP contribution is 2.35. The van der Waals surface area contributed by atoms with E-state index in [4.69, 9.17) is 9.47 Å². The summed E-state index contributed by atoms with van der Waals surface area (Å²) in [6.45, 7) is 3.32. The van der Waals surface area contributed by atoms with Crippen LogP contribution >= 0.6 is 22.6 Å². The lowest BCUT2D eigenvalue weighted by Crippen LogP contribution is -2.25. The molecule has 1 aliphatic rings. The molecule has 1 aromatic rings. The van der Waals surface area contributed by atoms with Gasteiger partial charge in [0.15, 0.2) is 5.82 Å². The van der Waals surface area contributed by atoms with Gasteiger partial charge in [-0.3, -0.25) is 0 Å². The van der Waals surface area contributed by atoms with E-state index in [0.29, 0.717) is 6.61 Å². The van der Waals surface area contributed by atoms with Gasteiger partial charge in [-0.2, -0.15) is 0 Å². The Morgan fingerprint density at radius 2 is 2.28 bits per heavy atom. The molecule has 0 amide bonds. The summed E-state index contributed by atoms with van der Waals surface area (Å²) < 4.78 is 12.0. The minimum absolute atomic E-state index is 0.363. The summed E-state index contributed by atoms with van der Waals surface area (Å²) in [5.41, 5.74) is 0.544. The molecule has 0 bridgehead atoms. The van der Waals surface area contributed by atoms with Gasteiger partial charge in [0.2, 0.25) is 0 Å². The number of ether oxygens (including phenoxy) is 2. The van der Waals surface area contributed by atoms with Crippen molar-refractivity contribution in [2.45, 2.75) is 32.0 Å². The molecule has 1 fully saturated rings. The fourth-order valence-electron chi connectivity index (χ4n) is 2.08. The van der Waals surface area contributed by atoms with E-state index in [1.807, 2.05) is 7.05 Å². The lowest BCUT2D eigenvalue weighted by Gasteiger charge is -2.23. The number of nitrogens with zero attached hydrogens (tertiary/aromatic N) is 2. The zero-order valence-electron chi connectivity index (χ0n) is 10.9. The molecule has 0 aliphatic carbocycles. The molecule has 1 aliphatic heterocycles. The third kappa shape index (κ3) is 2.60. The first-order chi connectivity index (χ1) is 8.60. The second kappa shape index (κ2) is 5.66.